The standard InChI is InChI=1S/C20H24N2O2S/c1-15-10-18(25-12-15)19(23)22-9-7-20(24,14-22)13-21-8-6-16-4-2-3-5-17(16)11-21/h2-5,10,12,24H,6-9,11,13-14H2,1H3. The topological polar surface area (TPSA) is 43.8 Å². The number of hydrogen-bond acceptors (Lipinski definition) is 4. The van der Waals surface area contributed by atoms with E-state index in [9.17, 15) is 9.90 Å². The molecular formula is C20H24N2O2S. The zero-order valence-electron chi connectivity index (χ0n) is 14.6. The van der Waals surface area contributed by atoms with Crippen LogP contribution in [0.1, 0.15) is 32.8 Å². The minimum Gasteiger partial charge on any atom is -0.387 e. The number of aliphatic hydroxyl groups is 1. The van der Waals surface area contributed by atoms with Crippen molar-refractivity contribution in [2.24, 2.45) is 0 Å². The number of nitrogens with zero attached hydrogens (tertiary/aromatic N) is 2. The Morgan fingerprint density at radius 3 is 2.84 bits per heavy atom. The van der Waals surface area contributed by atoms with Crippen LogP contribution in [-0.2, 0) is 13.0 Å². The Labute approximate surface area is 152 Å². The zero-order chi connectivity index (χ0) is 17.4. The van der Waals surface area contributed by atoms with Crippen molar-refractivity contribution in [1.29, 1.82) is 0 Å². The van der Waals surface area contributed by atoms with Crippen molar-refractivity contribution in [2.45, 2.75) is 31.9 Å². The largest absolute Gasteiger partial charge is 0.387 e. The molecule has 25 heavy (non-hydrogen) atoms. The van der Waals surface area contributed by atoms with Crippen molar-refractivity contribution in [3.05, 3.63) is 57.3 Å². The summed E-state index contributed by atoms with van der Waals surface area (Å²) in [5, 5.41) is 13.0. The molecule has 2 aromatic rings. The molecule has 2 aliphatic heterocycles. The van der Waals surface area contributed by atoms with Gasteiger partial charge in [-0.25, -0.2) is 0 Å². The van der Waals surface area contributed by atoms with Gasteiger partial charge in [0.2, 0.25) is 0 Å². The molecule has 0 bridgehead atoms. The molecule has 0 aliphatic carbocycles. The van der Waals surface area contributed by atoms with Gasteiger partial charge in [0.1, 0.15) is 0 Å². The number of aryl methyl sites for hydroxylation is 1. The maximum atomic E-state index is 12.6. The van der Waals surface area contributed by atoms with Gasteiger partial charge in [0, 0.05) is 26.2 Å². The number of β-amino-alcohol motifs (C(OH)–C–C–N with tert-alkyl or cyclic N) is 1. The Balaban J connectivity index is 1.39. The molecule has 1 saturated heterocycles. The van der Waals surface area contributed by atoms with Crippen molar-refractivity contribution < 1.29 is 9.90 Å². The monoisotopic (exact) mass is 356 g/mol. The number of hydrogen-bond donors (Lipinski definition) is 1. The van der Waals surface area contributed by atoms with Gasteiger partial charge in [-0.2, -0.15) is 0 Å². The van der Waals surface area contributed by atoms with E-state index in [4.69, 9.17) is 0 Å². The second kappa shape index (κ2) is 6.56. The van der Waals surface area contributed by atoms with Gasteiger partial charge >= 0.3 is 0 Å². The second-order valence-electron chi connectivity index (χ2n) is 7.42. The third kappa shape index (κ3) is 3.50. The van der Waals surface area contributed by atoms with Crippen LogP contribution in [0.2, 0.25) is 0 Å². The van der Waals surface area contributed by atoms with E-state index in [1.165, 1.54) is 22.5 Å². The maximum absolute atomic E-state index is 12.6. The van der Waals surface area contributed by atoms with E-state index < -0.39 is 5.60 Å². The summed E-state index contributed by atoms with van der Waals surface area (Å²) in [6, 6.07) is 10.5. The molecule has 2 aliphatic rings. The molecular weight excluding hydrogens is 332 g/mol. The predicted octanol–water partition coefficient (Wildman–Crippen LogP) is 2.69. The predicted molar refractivity (Wildman–Crippen MR) is 99.9 cm³/mol. The Kier molecular flexibility index (Phi) is 4.40. The van der Waals surface area contributed by atoms with Gasteiger partial charge in [0.15, 0.2) is 0 Å². The lowest BCUT2D eigenvalue weighted by molar-refractivity contribution is 0.00810. The average Bonchev–Trinajstić information content (AvgIpc) is 3.20. The highest BCUT2D eigenvalue weighted by Crippen LogP contribution is 2.28. The van der Waals surface area contributed by atoms with Gasteiger partial charge in [-0.15, -0.1) is 11.3 Å². The van der Waals surface area contributed by atoms with E-state index in [0.29, 0.717) is 26.1 Å². The molecule has 0 saturated carbocycles. The summed E-state index contributed by atoms with van der Waals surface area (Å²) in [7, 11) is 0. The van der Waals surface area contributed by atoms with Gasteiger partial charge in [-0.3, -0.25) is 9.69 Å². The molecule has 1 amide bonds. The molecule has 4 rings (SSSR count). The zero-order valence-corrected chi connectivity index (χ0v) is 15.4. The third-order valence-electron chi connectivity index (χ3n) is 5.29. The summed E-state index contributed by atoms with van der Waals surface area (Å²) >= 11 is 1.49. The number of fused-ring (bicyclic) bond motifs is 1. The van der Waals surface area contributed by atoms with E-state index in [0.717, 1.165) is 30.0 Å². The van der Waals surface area contributed by atoms with Gasteiger partial charge in [0.05, 0.1) is 17.0 Å². The molecule has 1 aromatic carbocycles. The molecule has 0 spiro atoms. The molecule has 0 radical (unpaired) electrons. The van der Waals surface area contributed by atoms with E-state index in [2.05, 4.69) is 29.2 Å². The summed E-state index contributed by atoms with van der Waals surface area (Å²) in [6.07, 6.45) is 1.69. The van der Waals surface area contributed by atoms with Crippen LogP contribution in [0.25, 0.3) is 0 Å². The SMILES string of the molecule is Cc1csc(C(=O)N2CCC(O)(CN3CCc4ccccc4C3)C2)c1. The first-order chi connectivity index (χ1) is 12.0. The highest BCUT2D eigenvalue weighted by Gasteiger charge is 2.40. The lowest BCUT2D eigenvalue weighted by Gasteiger charge is -2.34. The smallest absolute Gasteiger partial charge is 0.264 e. The van der Waals surface area contributed by atoms with Crippen LogP contribution in [0.3, 0.4) is 0 Å². The van der Waals surface area contributed by atoms with Crippen LogP contribution < -0.4 is 0 Å². The summed E-state index contributed by atoms with van der Waals surface area (Å²) < 4.78 is 0. The fourth-order valence-electron chi connectivity index (χ4n) is 3.96. The Morgan fingerprint density at radius 1 is 1.28 bits per heavy atom. The third-order valence-corrected chi connectivity index (χ3v) is 6.32. The Bertz CT molecular complexity index is 788. The van der Waals surface area contributed by atoms with Crippen molar-refractivity contribution in [2.75, 3.05) is 26.2 Å². The Morgan fingerprint density at radius 2 is 2.08 bits per heavy atom. The van der Waals surface area contributed by atoms with Crippen LogP contribution in [-0.4, -0.2) is 52.6 Å². The van der Waals surface area contributed by atoms with Crippen molar-refractivity contribution >= 4 is 17.2 Å². The lowest BCUT2D eigenvalue weighted by Crippen LogP contribution is -2.47. The number of amides is 1. The Hall–Kier alpha value is -1.69. The molecule has 3 heterocycles. The van der Waals surface area contributed by atoms with Gasteiger partial charge in [0.25, 0.3) is 5.91 Å². The first-order valence-corrected chi connectivity index (χ1v) is 9.76. The number of thiophene rings is 1. The van der Waals surface area contributed by atoms with Crippen LogP contribution in [0, 0.1) is 6.92 Å². The van der Waals surface area contributed by atoms with Gasteiger partial charge < -0.3 is 10.0 Å². The summed E-state index contributed by atoms with van der Waals surface area (Å²) in [5.74, 6) is 0.0537. The number of benzene rings is 1. The minimum absolute atomic E-state index is 0.0537. The van der Waals surface area contributed by atoms with Crippen LogP contribution in [0.15, 0.2) is 35.7 Å². The second-order valence-corrected chi connectivity index (χ2v) is 8.33. The van der Waals surface area contributed by atoms with E-state index in [-0.39, 0.29) is 5.91 Å². The molecule has 1 unspecified atom stereocenters. The lowest BCUT2D eigenvalue weighted by atomic mass is 9.97. The van der Waals surface area contributed by atoms with Gasteiger partial charge in [-0.05, 0) is 47.9 Å². The maximum Gasteiger partial charge on any atom is 0.264 e. The van der Waals surface area contributed by atoms with Gasteiger partial charge in [-0.1, -0.05) is 24.3 Å². The van der Waals surface area contributed by atoms with Crippen molar-refractivity contribution in [3.8, 4) is 0 Å². The number of rotatable bonds is 3. The fraction of sp³-hybridized carbons (Fsp3) is 0.450. The number of carbonyl (C=O) groups is 1. The molecule has 1 N–H and O–H groups in total. The van der Waals surface area contributed by atoms with E-state index in [1.807, 2.05) is 23.3 Å². The van der Waals surface area contributed by atoms with Crippen LogP contribution in [0.5, 0.6) is 0 Å². The molecule has 4 nitrogen and oxygen atoms in total. The van der Waals surface area contributed by atoms with E-state index in [1.54, 1.807) is 0 Å². The van der Waals surface area contributed by atoms with Crippen LogP contribution >= 0.6 is 11.3 Å². The summed E-state index contributed by atoms with van der Waals surface area (Å²) in [5.41, 5.74) is 3.10. The minimum atomic E-state index is -0.797. The summed E-state index contributed by atoms with van der Waals surface area (Å²) in [4.78, 5) is 17.5. The van der Waals surface area contributed by atoms with Crippen molar-refractivity contribution in [1.82, 2.24) is 9.80 Å². The molecule has 1 fully saturated rings. The first-order valence-electron chi connectivity index (χ1n) is 8.88. The normalized spacial score (nSPS) is 23.7. The fourth-order valence-corrected chi connectivity index (χ4v) is 4.83. The van der Waals surface area contributed by atoms with Crippen LogP contribution in [0.4, 0.5) is 0 Å². The van der Waals surface area contributed by atoms with Crippen molar-refractivity contribution in [3.63, 3.8) is 0 Å². The summed E-state index contributed by atoms with van der Waals surface area (Å²) in [6.45, 7) is 5.56. The molecule has 1 atom stereocenters. The number of likely N-dealkylation sites (tertiary alicyclic amines) is 1. The average molecular weight is 356 g/mol. The quantitative estimate of drug-likeness (QED) is 0.920. The first kappa shape index (κ1) is 16.8. The molecule has 132 valence electrons. The highest BCUT2D eigenvalue weighted by atomic mass is 32.1. The molecule has 5 heteroatoms. The molecule has 1 aromatic heterocycles. The highest BCUT2D eigenvalue weighted by molar-refractivity contribution is 7.12. The van der Waals surface area contributed by atoms with E-state index >= 15 is 0 Å². The number of carbonyl (C=O) groups excluding carboxylic acids is 1.